The summed E-state index contributed by atoms with van der Waals surface area (Å²) in [6.07, 6.45) is 0. The minimum absolute atomic E-state index is 0.0879. The Morgan fingerprint density at radius 3 is 2.48 bits per heavy atom. The van der Waals surface area contributed by atoms with Gasteiger partial charge in [-0.15, -0.1) is 0 Å². The number of aromatic nitrogens is 4. The van der Waals surface area contributed by atoms with Crippen molar-refractivity contribution in [1.82, 2.24) is 19.1 Å². The Labute approximate surface area is 177 Å². The maximum absolute atomic E-state index is 12.7. The van der Waals surface area contributed by atoms with Crippen molar-refractivity contribution in [3.8, 4) is 11.6 Å². The second kappa shape index (κ2) is 7.12. The van der Waals surface area contributed by atoms with E-state index in [1.807, 2.05) is 0 Å². The number of pyridine rings is 1. The highest BCUT2D eigenvalue weighted by Crippen LogP contribution is 2.38. The third-order valence-electron chi connectivity index (χ3n) is 4.71. The molecule has 0 aliphatic rings. The number of benzene rings is 1. The molecule has 31 heavy (non-hydrogen) atoms. The van der Waals surface area contributed by atoms with E-state index in [1.54, 1.807) is 0 Å². The van der Waals surface area contributed by atoms with Crippen LogP contribution in [0.4, 0.5) is 13.2 Å². The van der Waals surface area contributed by atoms with Gasteiger partial charge < -0.3 is 4.42 Å². The van der Waals surface area contributed by atoms with Crippen LogP contribution in [0.25, 0.3) is 33.8 Å². The number of imidazole rings is 1. The Hall–Kier alpha value is -2.80. The van der Waals surface area contributed by atoms with Gasteiger partial charge in [-0.25, -0.2) is 23.2 Å². The average Bonchev–Trinajstić information content (AvgIpc) is 3.21. The van der Waals surface area contributed by atoms with Crippen molar-refractivity contribution in [2.45, 2.75) is 22.2 Å². The normalized spacial score (nSPS) is 12.8. The molecule has 1 aromatic carbocycles. The van der Waals surface area contributed by atoms with Gasteiger partial charge >= 0.3 is 11.2 Å². The minimum atomic E-state index is -4.46. The van der Waals surface area contributed by atoms with Crippen LogP contribution in [0.2, 0.25) is 0 Å². The first-order chi connectivity index (χ1) is 14.4. The molecule has 0 amide bonds. The lowest BCUT2D eigenvalue weighted by Gasteiger charge is -2.07. The largest absolute Gasteiger partial charge is 0.446 e. The smallest absolute Gasteiger partial charge is 0.435 e. The van der Waals surface area contributed by atoms with Crippen LogP contribution in [0.15, 0.2) is 43.3 Å². The van der Waals surface area contributed by atoms with Gasteiger partial charge in [-0.2, -0.15) is 13.2 Å². The Bertz CT molecular complexity index is 1500. The molecule has 0 radical (unpaired) electrons. The quantitative estimate of drug-likeness (QED) is 0.419. The number of hydrogen-bond donors (Lipinski definition) is 0. The van der Waals surface area contributed by atoms with Crippen LogP contribution in [0.5, 0.6) is 0 Å². The summed E-state index contributed by atoms with van der Waals surface area (Å²) in [5.74, 6) is -0.407. The van der Waals surface area contributed by atoms with Crippen molar-refractivity contribution in [2.24, 2.45) is 14.1 Å². The molecule has 164 valence electrons. The highest BCUT2D eigenvalue weighted by atomic mass is 32.2. The fraction of sp³-hybridized carbons (Fsp3) is 0.278. The predicted molar refractivity (Wildman–Crippen MR) is 109 cm³/mol. The van der Waals surface area contributed by atoms with Gasteiger partial charge in [0.2, 0.25) is 5.89 Å². The lowest BCUT2D eigenvalue weighted by atomic mass is 10.3. The Balaban J connectivity index is 1.98. The molecule has 0 saturated carbocycles. The number of rotatable bonds is 4. The van der Waals surface area contributed by atoms with E-state index in [-0.39, 0.29) is 55.6 Å². The van der Waals surface area contributed by atoms with E-state index < -0.39 is 21.0 Å². The highest BCUT2D eigenvalue weighted by Gasteiger charge is 2.30. The molecule has 0 unspecified atom stereocenters. The standard InChI is InChI=1S/C18H15F3N4O4S2/c1-4-31(27,28)13-8-11-15(25(3)17(26)24(11)2)23-14(13)16-22-10-7-9(30-18(19,20)21)5-6-12(10)29-16/h5-8H,4H2,1-3H3. The molecule has 0 aliphatic heterocycles. The highest BCUT2D eigenvalue weighted by molar-refractivity contribution is 8.00. The third kappa shape index (κ3) is 3.71. The number of fused-ring (bicyclic) bond motifs is 2. The van der Waals surface area contributed by atoms with Gasteiger partial charge in [0.25, 0.3) is 0 Å². The van der Waals surface area contributed by atoms with E-state index in [4.69, 9.17) is 4.42 Å². The van der Waals surface area contributed by atoms with Gasteiger partial charge in [0, 0.05) is 19.0 Å². The van der Waals surface area contributed by atoms with Crippen molar-refractivity contribution in [1.29, 1.82) is 0 Å². The molecule has 0 fully saturated rings. The number of halogens is 3. The lowest BCUT2D eigenvalue weighted by Crippen LogP contribution is -2.19. The first-order valence-electron chi connectivity index (χ1n) is 8.87. The van der Waals surface area contributed by atoms with E-state index in [0.29, 0.717) is 5.52 Å². The SMILES string of the molecule is CCS(=O)(=O)c1cc2c(nc1-c1nc3cc(SC(F)(F)F)ccc3o1)n(C)c(=O)n2C. The number of oxazole rings is 1. The van der Waals surface area contributed by atoms with Crippen LogP contribution < -0.4 is 5.69 Å². The summed E-state index contributed by atoms with van der Waals surface area (Å²) in [7, 11) is -0.817. The zero-order valence-corrected chi connectivity index (χ0v) is 18.0. The zero-order valence-electron chi connectivity index (χ0n) is 16.4. The predicted octanol–water partition coefficient (Wildman–Crippen LogP) is 3.49. The number of sulfone groups is 1. The molecule has 3 aromatic heterocycles. The number of thioether (sulfide) groups is 1. The Morgan fingerprint density at radius 2 is 1.84 bits per heavy atom. The van der Waals surface area contributed by atoms with Gasteiger partial charge in [-0.1, -0.05) is 6.92 Å². The molecular weight excluding hydrogens is 457 g/mol. The van der Waals surface area contributed by atoms with Gasteiger partial charge in [-0.05, 0) is 36.0 Å². The van der Waals surface area contributed by atoms with Crippen LogP contribution in [0.3, 0.4) is 0 Å². The molecule has 0 saturated heterocycles. The first-order valence-corrected chi connectivity index (χ1v) is 11.3. The molecule has 0 aliphatic carbocycles. The van der Waals surface area contributed by atoms with Gasteiger partial charge in [0.05, 0.1) is 11.3 Å². The molecular formula is C18H15F3N4O4S2. The molecule has 3 heterocycles. The zero-order chi connectivity index (χ0) is 22.7. The number of hydrogen-bond acceptors (Lipinski definition) is 7. The van der Waals surface area contributed by atoms with Crippen molar-refractivity contribution in [3.05, 3.63) is 34.7 Å². The fourth-order valence-corrected chi connectivity index (χ4v) is 4.74. The monoisotopic (exact) mass is 472 g/mol. The molecule has 8 nitrogen and oxygen atoms in total. The molecule has 0 bridgehead atoms. The Morgan fingerprint density at radius 1 is 1.13 bits per heavy atom. The van der Waals surface area contributed by atoms with E-state index in [9.17, 15) is 26.4 Å². The summed E-state index contributed by atoms with van der Waals surface area (Å²) >= 11 is -0.294. The summed E-state index contributed by atoms with van der Waals surface area (Å²) in [5.41, 5.74) is -4.16. The van der Waals surface area contributed by atoms with Crippen molar-refractivity contribution in [3.63, 3.8) is 0 Å². The van der Waals surface area contributed by atoms with E-state index >= 15 is 0 Å². The minimum Gasteiger partial charge on any atom is -0.435 e. The van der Waals surface area contributed by atoms with Crippen molar-refractivity contribution in [2.75, 3.05) is 5.75 Å². The Kier molecular flexibility index (Phi) is 4.92. The topological polar surface area (TPSA) is 100.0 Å². The average molecular weight is 472 g/mol. The number of nitrogens with zero attached hydrogens (tertiary/aromatic N) is 4. The van der Waals surface area contributed by atoms with Crippen LogP contribution in [0.1, 0.15) is 6.92 Å². The van der Waals surface area contributed by atoms with Gasteiger partial charge in [-0.3, -0.25) is 9.13 Å². The maximum atomic E-state index is 12.7. The van der Waals surface area contributed by atoms with Gasteiger partial charge in [0.15, 0.2) is 21.1 Å². The molecule has 4 rings (SSSR count). The summed E-state index contributed by atoms with van der Waals surface area (Å²) in [5, 5.41) is 0. The van der Waals surface area contributed by atoms with Crippen LogP contribution in [0, 0.1) is 0 Å². The number of aryl methyl sites for hydroxylation is 2. The second-order valence-corrected chi connectivity index (χ2v) is 10.1. The molecule has 0 N–H and O–H groups in total. The first kappa shape index (κ1) is 21.4. The molecule has 13 heteroatoms. The second-order valence-electron chi connectivity index (χ2n) is 6.68. The van der Waals surface area contributed by atoms with Crippen LogP contribution in [-0.2, 0) is 23.9 Å². The maximum Gasteiger partial charge on any atom is 0.446 e. The summed E-state index contributed by atoms with van der Waals surface area (Å²) in [4.78, 5) is 20.5. The van der Waals surface area contributed by atoms with Crippen LogP contribution >= 0.6 is 11.8 Å². The van der Waals surface area contributed by atoms with Gasteiger partial charge in [0.1, 0.15) is 16.1 Å². The summed E-state index contributed by atoms with van der Waals surface area (Å²) < 4.78 is 71.6. The molecule has 0 spiro atoms. The summed E-state index contributed by atoms with van der Waals surface area (Å²) in [6.45, 7) is 1.46. The van der Waals surface area contributed by atoms with E-state index in [0.717, 1.165) is 0 Å². The van der Waals surface area contributed by atoms with E-state index in [1.165, 1.54) is 54.4 Å². The lowest BCUT2D eigenvalue weighted by molar-refractivity contribution is -0.0328. The van der Waals surface area contributed by atoms with Crippen molar-refractivity contribution >= 4 is 43.9 Å². The fourth-order valence-electron chi connectivity index (χ4n) is 3.14. The van der Waals surface area contributed by atoms with Crippen molar-refractivity contribution < 1.29 is 26.0 Å². The molecule has 4 aromatic rings. The summed E-state index contributed by atoms with van der Waals surface area (Å²) in [6, 6.07) is 5.09. The third-order valence-corrected chi connectivity index (χ3v) is 7.17. The number of alkyl halides is 3. The van der Waals surface area contributed by atoms with E-state index in [2.05, 4.69) is 9.97 Å². The van der Waals surface area contributed by atoms with Crippen LogP contribution in [-0.4, -0.2) is 38.8 Å². The molecule has 0 atom stereocenters.